The lowest BCUT2D eigenvalue weighted by atomic mass is 9.93. The molecule has 19 heavy (non-hydrogen) atoms. The summed E-state index contributed by atoms with van der Waals surface area (Å²) in [5.74, 6) is 0.970. The van der Waals surface area contributed by atoms with E-state index in [4.69, 9.17) is 0 Å². The summed E-state index contributed by atoms with van der Waals surface area (Å²) in [6.45, 7) is 6.96. The van der Waals surface area contributed by atoms with Gasteiger partial charge in [-0.25, -0.2) is 4.98 Å². The van der Waals surface area contributed by atoms with Crippen LogP contribution in [0.2, 0.25) is 0 Å². The summed E-state index contributed by atoms with van der Waals surface area (Å²) in [4.78, 5) is 7.17. The molecule has 0 saturated carbocycles. The molecule has 0 radical (unpaired) electrons. The van der Waals surface area contributed by atoms with Crippen LogP contribution in [0.5, 0.6) is 0 Å². The number of hydrogen-bond donors (Lipinski definition) is 1. The second-order valence-electron chi connectivity index (χ2n) is 5.58. The topological polar surface area (TPSA) is 28.2 Å². The van der Waals surface area contributed by atoms with Crippen LogP contribution < -0.4 is 5.32 Å². The van der Waals surface area contributed by atoms with Crippen molar-refractivity contribution < 1.29 is 0 Å². The number of nitrogens with one attached hydrogen (secondary N) is 1. The minimum Gasteiger partial charge on any atom is -0.373 e. The first-order valence-corrected chi connectivity index (χ1v) is 7.64. The van der Waals surface area contributed by atoms with Gasteiger partial charge < -0.3 is 5.32 Å². The summed E-state index contributed by atoms with van der Waals surface area (Å²) in [6, 6.07) is 2.75. The predicted molar refractivity (Wildman–Crippen MR) is 81.6 cm³/mol. The van der Waals surface area contributed by atoms with E-state index in [0.29, 0.717) is 6.04 Å². The van der Waals surface area contributed by atoms with E-state index in [-0.39, 0.29) is 0 Å². The van der Waals surface area contributed by atoms with Crippen molar-refractivity contribution in [3.63, 3.8) is 0 Å². The highest BCUT2D eigenvalue weighted by molar-refractivity contribution is 5.41. The number of rotatable bonds is 5. The van der Waals surface area contributed by atoms with Gasteiger partial charge in [0.25, 0.3) is 0 Å². The Hall–Kier alpha value is -1.09. The zero-order chi connectivity index (χ0) is 13.7. The molecule has 0 unspecified atom stereocenters. The van der Waals surface area contributed by atoms with Gasteiger partial charge >= 0.3 is 0 Å². The lowest BCUT2D eigenvalue weighted by Gasteiger charge is -2.36. The standard InChI is InChI=1S/C16H27N3/c1-4-5-9-19-10-7-6-8-15(19)14-12-18-16(17-3)11-13(14)2/h11-12,15H,4-10H2,1-3H3,(H,17,18)/t15-/m0/s1. The molecule has 0 aliphatic carbocycles. The van der Waals surface area contributed by atoms with Crippen LogP contribution in [0.1, 0.15) is 56.2 Å². The Morgan fingerprint density at radius 3 is 2.95 bits per heavy atom. The van der Waals surface area contributed by atoms with Crippen molar-refractivity contribution in [2.45, 2.75) is 52.0 Å². The van der Waals surface area contributed by atoms with E-state index in [2.05, 4.69) is 41.3 Å². The maximum atomic E-state index is 4.51. The number of aryl methyl sites for hydroxylation is 1. The Morgan fingerprint density at radius 2 is 2.26 bits per heavy atom. The van der Waals surface area contributed by atoms with Crippen LogP contribution in [-0.4, -0.2) is 30.0 Å². The molecular weight excluding hydrogens is 234 g/mol. The van der Waals surface area contributed by atoms with Crippen LogP contribution in [0.15, 0.2) is 12.3 Å². The third-order valence-electron chi connectivity index (χ3n) is 4.18. The third-order valence-corrected chi connectivity index (χ3v) is 4.18. The van der Waals surface area contributed by atoms with Crippen molar-refractivity contribution in [2.75, 3.05) is 25.5 Å². The smallest absolute Gasteiger partial charge is 0.125 e. The molecule has 1 aromatic rings. The van der Waals surface area contributed by atoms with Gasteiger partial charge in [-0.3, -0.25) is 4.90 Å². The summed E-state index contributed by atoms with van der Waals surface area (Å²) in [5.41, 5.74) is 2.79. The fourth-order valence-electron chi connectivity index (χ4n) is 3.02. The number of hydrogen-bond acceptors (Lipinski definition) is 3. The first-order valence-electron chi connectivity index (χ1n) is 7.64. The molecule has 106 valence electrons. The SMILES string of the molecule is CCCCN1CCCC[C@H]1c1cnc(NC)cc1C. The van der Waals surface area contributed by atoms with Crippen LogP contribution in [0.25, 0.3) is 0 Å². The minimum atomic E-state index is 0.582. The number of nitrogens with zero attached hydrogens (tertiary/aromatic N) is 2. The molecule has 1 atom stereocenters. The summed E-state index contributed by atoms with van der Waals surface area (Å²) in [6.07, 6.45) is 8.64. The molecule has 2 heterocycles. The average molecular weight is 261 g/mol. The molecule has 3 heteroatoms. The first kappa shape index (κ1) is 14.3. The Kier molecular flexibility index (Phi) is 5.20. The minimum absolute atomic E-state index is 0.582. The van der Waals surface area contributed by atoms with Gasteiger partial charge in [0.2, 0.25) is 0 Å². The molecule has 1 N–H and O–H groups in total. The van der Waals surface area contributed by atoms with Gasteiger partial charge in [-0.1, -0.05) is 19.8 Å². The van der Waals surface area contributed by atoms with E-state index in [0.717, 1.165) is 5.82 Å². The van der Waals surface area contributed by atoms with Crippen molar-refractivity contribution >= 4 is 5.82 Å². The maximum absolute atomic E-state index is 4.51. The summed E-state index contributed by atoms with van der Waals surface area (Å²) in [7, 11) is 1.93. The Labute approximate surface area is 117 Å². The zero-order valence-electron chi connectivity index (χ0n) is 12.6. The second-order valence-corrected chi connectivity index (χ2v) is 5.58. The molecule has 1 aromatic heterocycles. The van der Waals surface area contributed by atoms with Crippen LogP contribution in [0.4, 0.5) is 5.82 Å². The molecule has 0 amide bonds. The molecule has 0 bridgehead atoms. The fraction of sp³-hybridized carbons (Fsp3) is 0.688. The molecule has 0 spiro atoms. The molecule has 0 aromatic carbocycles. The summed E-state index contributed by atoms with van der Waals surface area (Å²) < 4.78 is 0. The van der Waals surface area contributed by atoms with Crippen LogP contribution in [0.3, 0.4) is 0 Å². The highest BCUT2D eigenvalue weighted by atomic mass is 15.2. The van der Waals surface area contributed by atoms with Gasteiger partial charge in [0.05, 0.1) is 0 Å². The Balaban J connectivity index is 2.17. The molecule has 1 aliphatic rings. The number of piperidine rings is 1. The number of likely N-dealkylation sites (tertiary alicyclic amines) is 1. The van der Waals surface area contributed by atoms with Crippen LogP contribution in [-0.2, 0) is 0 Å². The quantitative estimate of drug-likeness (QED) is 0.874. The van der Waals surface area contributed by atoms with Crippen molar-refractivity contribution in [3.8, 4) is 0 Å². The van der Waals surface area contributed by atoms with Crippen molar-refractivity contribution in [3.05, 3.63) is 23.4 Å². The average Bonchev–Trinajstić information content (AvgIpc) is 2.45. The third kappa shape index (κ3) is 3.47. The number of anilines is 1. The molecule has 1 saturated heterocycles. The zero-order valence-corrected chi connectivity index (χ0v) is 12.6. The molecule has 1 fully saturated rings. The lowest BCUT2D eigenvalue weighted by Crippen LogP contribution is -2.34. The molecule has 1 aliphatic heterocycles. The highest BCUT2D eigenvalue weighted by Gasteiger charge is 2.24. The lowest BCUT2D eigenvalue weighted by molar-refractivity contribution is 0.146. The monoisotopic (exact) mass is 261 g/mol. The van der Waals surface area contributed by atoms with Gasteiger partial charge in [0.1, 0.15) is 5.82 Å². The molecule has 3 nitrogen and oxygen atoms in total. The molecule has 2 rings (SSSR count). The number of aromatic nitrogens is 1. The summed E-state index contributed by atoms with van der Waals surface area (Å²) >= 11 is 0. The second kappa shape index (κ2) is 6.90. The van der Waals surface area contributed by atoms with Crippen LogP contribution >= 0.6 is 0 Å². The molecular formula is C16H27N3. The van der Waals surface area contributed by atoms with Crippen molar-refractivity contribution in [2.24, 2.45) is 0 Å². The van der Waals surface area contributed by atoms with Crippen molar-refractivity contribution in [1.82, 2.24) is 9.88 Å². The van der Waals surface area contributed by atoms with E-state index >= 15 is 0 Å². The van der Waals surface area contributed by atoms with E-state index in [1.165, 1.54) is 56.3 Å². The largest absolute Gasteiger partial charge is 0.373 e. The Bertz CT molecular complexity index is 403. The summed E-state index contributed by atoms with van der Waals surface area (Å²) in [5, 5.41) is 3.12. The van der Waals surface area contributed by atoms with Gasteiger partial charge in [-0.2, -0.15) is 0 Å². The van der Waals surface area contributed by atoms with E-state index in [9.17, 15) is 0 Å². The maximum Gasteiger partial charge on any atom is 0.125 e. The van der Waals surface area contributed by atoms with Gasteiger partial charge in [0.15, 0.2) is 0 Å². The van der Waals surface area contributed by atoms with E-state index in [1.54, 1.807) is 0 Å². The van der Waals surface area contributed by atoms with Crippen LogP contribution in [0, 0.1) is 6.92 Å². The Morgan fingerprint density at radius 1 is 1.42 bits per heavy atom. The van der Waals surface area contributed by atoms with E-state index in [1.807, 2.05) is 7.05 Å². The predicted octanol–water partition coefficient (Wildman–Crippen LogP) is 3.76. The number of pyridine rings is 1. The van der Waals surface area contributed by atoms with E-state index < -0.39 is 0 Å². The van der Waals surface area contributed by atoms with Crippen molar-refractivity contribution in [1.29, 1.82) is 0 Å². The van der Waals surface area contributed by atoms with Gasteiger partial charge in [-0.05, 0) is 56.5 Å². The normalized spacial score (nSPS) is 20.5. The number of unbranched alkanes of at least 4 members (excludes halogenated alkanes) is 1. The highest BCUT2D eigenvalue weighted by Crippen LogP contribution is 2.33. The van der Waals surface area contributed by atoms with Gasteiger partial charge in [-0.15, -0.1) is 0 Å². The first-order chi connectivity index (χ1) is 9.26. The fourth-order valence-corrected chi connectivity index (χ4v) is 3.02. The van der Waals surface area contributed by atoms with Gasteiger partial charge in [0, 0.05) is 19.3 Å².